The fourth-order valence-corrected chi connectivity index (χ4v) is 2.27. The van der Waals surface area contributed by atoms with Crippen LogP contribution in [0.3, 0.4) is 0 Å². The van der Waals surface area contributed by atoms with Crippen LogP contribution in [0.4, 0.5) is 17.1 Å². The lowest BCUT2D eigenvalue weighted by Crippen LogP contribution is -2.05. The SMILES string of the molecule is CC(=O)Nc1ccc(Nc2ccccc2Oc2ccccc2)cc1. The highest BCUT2D eigenvalue weighted by Crippen LogP contribution is 2.31. The van der Waals surface area contributed by atoms with Crippen molar-refractivity contribution in [3.8, 4) is 11.5 Å². The minimum atomic E-state index is -0.0858. The minimum Gasteiger partial charge on any atom is -0.455 e. The molecule has 0 saturated carbocycles. The largest absolute Gasteiger partial charge is 0.455 e. The number of carbonyl (C=O) groups is 1. The Bertz CT molecular complexity index is 815. The molecule has 3 rings (SSSR count). The summed E-state index contributed by atoms with van der Waals surface area (Å²) in [6.07, 6.45) is 0. The molecule has 3 aromatic rings. The summed E-state index contributed by atoms with van der Waals surface area (Å²) in [7, 11) is 0. The van der Waals surface area contributed by atoms with Gasteiger partial charge in [0.25, 0.3) is 0 Å². The van der Waals surface area contributed by atoms with Crippen LogP contribution in [0, 0.1) is 0 Å². The van der Waals surface area contributed by atoms with Gasteiger partial charge in [0.2, 0.25) is 5.91 Å². The van der Waals surface area contributed by atoms with E-state index in [1.165, 1.54) is 6.92 Å². The number of benzene rings is 3. The fraction of sp³-hybridized carbons (Fsp3) is 0.0500. The van der Waals surface area contributed by atoms with Gasteiger partial charge in [0.15, 0.2) is 5.75 Å². The maximum absolute atomic E-state index is 11.1. The molecule has 3 aromatic carbocycles. The van der Waals surface area contributed by atoms with E-state index in [0.717, 1.165) is 28.6 Å². The third-order valence-corrected chi connectivity index (χ3v) is 3.34. The van der Waals surface area contributed by atoms with Gasteiger partial charge in [-0.3, -0.25) is 4.79 Å². The quantitative estimate of drug-likeness (QED) is 0.681. The van der Waals surface area contributed by atoms with Crippen LogP contribution in [0.25, 0.3) is 0 Å². The molecule has 0 aliphatic carbocycles. The average molecular weight is 318 g/mol. The molecule has 4 heteroatoms. The summed E-state index contributed by atoms with van der Waals surface area (Å²) in [5.74, 6) is 1.44. The van der Waals surface area contributed by atoms with E-state index < -0.39 is 0 Å². The standard InChI is InChI=1S/C20H18N2O2/c1-15(23)21-16-11-13-17(14-12-16)22-19-9-5-6-10-20(19)24-18-7-3-2-4-8-18/h2-14,22H,1H3,(H,21,23). The number of hydrogen-bond acceptors (Lipinski definition) is 3. The molecule has 1 amide bonds. The smallest absolute Gasteiger partial charge is 0.221 e. The molecule has 0 bridgehead atoms. The summed E-state index contributed by atoms with van der Waals surface area (Å²) in [6, 6.07) is 24.9. The van der Waals surface area contributed by atoms with Crippen molar-refractivity contribution >= 4 is 23.0 Å². The molecule has 24 heavy (non-hydrogen) atoms. The zero-order valence-corrected chi connectivity index (χ0v) is 13.3. The first-order valence-electron chi connectivity index (χ1n) is 7.67. The van der Waals surface area contributed by atoms with Crippen LogP contribution in [0.15, 0.2) is 78.9 Å². The number of para-hydroxylation sites is 3. The highest BCUT2D eigenvalue weighted by Gasteiger charge is 2.05. The number of rotatable bonds is 5. The van der Waals surface area contributed by atoms with Crippen LogP contribution < -0.4 is 15.4 Å². The Kier molecular flexibility index (Phi) is 4.77. The van der Waals surface area contributed by atoms with Gasteiger partial charge >= 0.3 is 0 Å². The summed E-state index contributed by atoms with van der Waals surface area (Å²) in [6.45, 7) is 1.49. The van der Waals surface area contributed by atoms with E-state index in [-0.39, 0.29) is 5.91 Å². The Hall–Kier alpha value is -3.27. The van der Waals surface area contributed by atoms with Gasteiger partial charge in [-0.1, -0.05) is 30.3 Å². The van der Waals surface area contributed by atoms with E-state index in [0.29, 0.717) is 0 Å². The lowest BCUT2D eigenvalue weighted by atomic mass is 10.2. The molecule has 4 nitrogen and oxygen atoms in total. The highest BCUT2D eigenvalue weighted by atomic mass is 16.5. The third kappa shape index (κ3) is 4.14. The number of hydrogen-bond donors (Lipinski definition) is 2. The topological polar surface area (TPSA) is 50.4 Å². The summed E-state index contributed by atoms with van der Waals surface area (Å²) in [5, 5.41) is 6.08. The van der Waals surface area contributed by atoms with Crippen molar-refractivity contribution in [2.45, 2.75) is 6.92 Å². The van der Waals surface area contributed by atoms with Crippen LogP contribution in [-0.2, 0) is 4.79 Å². The first-order chi connectivity index (χ1) is 11.7. The summed E-state index contributed by atoms with van der Waals surface area (Å²) >= 11 is 0. The molecule has 0 radical (unpaired) electrons. The molecule has 2 N–H and O–H groups in total. The maximum atomic E-state index is 11.1. The van der Waals surface area contributed by atoms with Crippen molar-refractivity contribution in [3.05, 3.63) is 78.9 Å². The Balaban J connectivity index is 1.76. The Morgan fingerprint density at radius 1 is 0.792 bits per heavy atom. The molecule has 120 valence electrons. The van der Waals surface area contributed by atoms with Gasteiger partial charge in [-0.15, -0.1) is 0 Å². The van der Waals surface area contributed by atoms with Crippen molar-refractivity contribution in [1.29, 1.82) is 0 Å². The Morgan fingerprint density at radius 2 is 1.42 bits per heavy atom. The lowest BCUT2D eigenvalue weighted by Gasteiger charge is -2.13. The predicted octanol–water partition coefficient (Wildman–Crippen LogP) is 5.18. The van der Waals surface area contributed by atoms with Gasteiger partial charge in [-0.05, 0) is 48.5 Å². The summed E-state index contributed by atoms with van der Waals surface area (Å²) in [5.41, 5.74) is 2.55. The molecule has 0 aromatic heterocycles. The molecule has 0 heterocycles. The Labute approximate surface area is 141 Å². The summed E-state index contributed by atoms with van der Waals surface area (Å²) in [4.78, 5) is 11.1. The molecule has 0 fully saturated rings. The molecular weight excluding hydrogens is 300 g/mol. The Morgan fingerprint density at radius 3 is 2.12 bits per heavy atom. The first-order valence-corrected chi connectivity index (χ1v) is 7.67. The molecule has 0 atom stereocenters. The fourth-order valence-electron chi connectivity index (χ4n) is 2.27. The van der Waals surface area contributed by atoms with Gasteiger partial charge in [0.1, 0.15) is 5.75 Å². The number of anilines is 3. The number of nitrogens with one attached hydrogen (secondary N) is 2. The van der Waals surface area contributed by atoms with Crippen LogP contribution in [0.2, 0.25) is 0 Å². The van der Waals surface area contributed by atoms with E-state index >= 15 is 0 Å². The van der Waals surface area contributed by atoms with E-state index in [2.05, 4.69) is 10.6 Å². The van der Waals surface area contributed by atoms with Crippen LogP contribution in [0.5, 0.6) is 11.5 Å². The van der Waals surface area contributed by atoms with Crippen molar-refractivity contribution in [2.24, 2.45) is 0 Å². The van der Waals surface area contributed by atoms with E-state index in [1.807, 2.05) is 78.9 Å². The van der Waals surface area contributed by atoms with Gasteiger partial charge < -0.3 is 15.4 Å². The van der Waals surface area contributed by atoms with Gasteiger partial charge in [0, 0.05) is 18.3 Å². The monoisotopic (exact) mass is 318 g/mol. The van der Waals surface area contributed by atoms with Crippen LogP contribution in [-0.4, -0.2) is 5.91 Å². The predicted molar refractivity (Wildman–Crippen MR) is 97.0 cm³/mol. The number of amides is 1. The van der Waals surface area contributed by atoms with Crippen molar-refractivity contribution in [3.63, 3.8) is 0 Å². The van der Waals surface area contributed by atoms with Crippen molar-refractivity contribution in [1.82, 2.24) is 0 Å². The van der Waals surface area contributed by atoms with Crippen molar-refractivity contribution < 1.29 is 9.53 Å². The van der Waals surface area contributed by atoms with Crippen LogP contribution in [0.1, 0.15) is 6.92 Å². The molecule has 0 spiro atoms. The van der Waals surface area contributed by atoms with E-state index in [9.17, 15) is 4.79 Å². The second-order valence-corrected chi connectivity index (χ2v) is 5.29. The normalized spacial score (nSPS) is 10.0. The van der Waals surface area contributed by atoms with Gasteiger partial charge in [0.05, 0.1) is 5.69 Å². The molecule has 0 aliphatic rings. The zero-order chi connectivity index (χ0) is 16.8. The highest BCUT2D eigenvalue weighted by molar-refractivity contribution is 5.88. The van der Waals surface area contributed by atoms with Gasteiger partial charge in [-0.2, -0.15) is 0 Å². The van der Waals surface area contributed by atoms with Gasteiger partial charge in [-0.25, -0.2) is 0 Å². The minimum absolute atomic E-state index is 0.0858. The first kappa shape index (κ1) is 15.6. The number of ether oxygens (including phenoxy) is 1. The maximum Gasteiger partial charge on any atom is 0.221 e. The molecule has 0 aliphatic heterocycles. The lowest BCUT2D eigenvalue weighted by molar-refractivity contribution is -0.114. The number of carbonyl (C=O) groups excluding carboxylic acids is 1. The van der Waals surface area contributed by atoms with Crippen LogP contribution >= 0.6 is 0 Å². The van der Waals surface area contributed by atoms with Crippen molar-refractivity contribution in [2.75, 3.05) is 10.6 Å². The average Bonchev–Trinajstić information content (AvgIpc) is 2.59. The molecular formula is C20H18N2O2. The molecule has 0 saturated heterocycles. The summed E-state index contributed by atoms with van der Waals surface area (Å²) < 4.78 is 5.94. The zero-order valence-electron chi connectivity index (χ0n) is 13.3. The van der Waals surface area contributed by atoms with E-state index in [1.54, 1.807) is 0 Å². The van der Waals surface area contributed by atoms with E-state index in [4.69, 9.17) is 4.74 Å². The second-order valence-electron chi connectivity index (χ2n) is 5.29. The molecule has 0 unspecified atom stereocenters. The third-order valence-electron chi connectivity index (χ3n) is 3.34. The second kappa shape index (κ2) is 7.33.